The van der Waals surface area contributed by atoms with E-state index in [1.807, 2.05) is 4.90 Å². The molecule has 2 fully saturated rings. The molecule has 1 atom stereocenters. The van der Waals surface area contributed by atoms with Crippen molar-refractivity contribution in [2.75, 3.05) is 13.1 Å². The van der Waals surface area contributed by atoms with Crippen molar-refractivity contribution in [1.82, 2.24) is 4.90 Å². The van der Waals surface area contributed by atoms with Crippen LogP contribution < -0.4 is 0 Å². The summed E-state index contributed by atoms with van der Waals surface area (Å²) in [6.07, 6.45) is 2.74. The summed E-state index contributed by atoms with van der Waals surface area (Å²) in [6.45, 7) is 5.86. The summed E-state index contributed by atoms with van der Waals surface area (Å²) in [5, 5.41) is 8.77. The maximum absolute atomic E-state index is 12.0. The normalized spacial score (nSPS) is 29.7. The third-order valence-electron chi connectivity index (χ3n) is 3.80. The topological polar surface area (TPSA) is 44.1 Å². The summed E-state index contributed by atoms with van der Waals surface area (Å²) in [4.78, 5) is 14.0. The third kappa shape index (κ3) is 1.99. The number of rotatable bonds is 1. The Labute approximate surface area is 91.1 Å². The molecule has 0 N–H and O–H groups in total. The number of hydrogen-bond acceptors (Lipinski definition) is 2. The second-order valence-electron chi connectivity index (χ2n) is 5.47. The number of nitriles is 1. The van der Waals surface area contributed by atoms with Crippen LogP contribution in [0.25, 0.3) is 0 Å². The van der Waals surface area contributed by atoms with Crippen molar-refractivity contribution >= 4 is 5.91 Å². The van der Waals surface area contributed by atoms with Gasteiger partial charge in [-0.1, -0.05) is 13.8 Å². The SMILES string of the molecule is CC1(C)CC1C(=O)N1CCC(C#N)CC1. The molecule has 82 valence electrons. The fourth-order valence-electron chi connectivity index (χ4n) is 2.34. The molecule has 1 amide bonds. The number of hydrogen-bond donors (Lipinski definition) is 0. The summed E-state index contributed by atoms with van der Waals surface area (Å²) in [6, 6.07) is 2.29. The molecule has 1 aliphatic carbocycles. The Morgan fingerprint density at radius 1 is 1.40 bits per heavy atom. The molecule has 1 aliphatic heterocycles. The Hall–Kier alpha value is -1.04. The lowest BCUT2D eigenvalue weighted by Crippen LogP contribution is -2.39. The van der Waals surface area contributed by atoms with Gasteiger partial charge in [0.1, 0.15) is 0 Å². The minimum Gasteiger partial charge on any atom is -0.342 e. The highest BCUT2D eigenvalue weighted by atomic mass is 16.2. The van der Waals surface area contributed by atoms with Crippen molar-refractivity contribution in [2.45, 2.75) is 33.1 Å². The third-order valence-corrected chi connectivity index (χ3v) is 3.80. The van der Waals surface area contributed by atoms with Gasteiger partial charge in [-0.05, 0) is 24.7 Å². The summed E-state index contributed by atoms with van der Waals surface area (Å²) in [7, 11) is 0. The first-order valence-corrected chi connectivity index (χ1v) is 5.73. The Bertz CT molecular complexity index is 308. The zero-order valence-corrected chi connectivity index (χ0v) is 9.49. The molecule has 1 unspecified atom stereocenters. The molecule has 0 bridgehead atoms. The fourth-order valence-corrected chi connectivity index (χ4v) is 2.34. The second kappa shape index (κ2) is 3.52. The Morgan fingerprint density at radius 3 is 2.33 bits per heavy atom. The minimum atomic E-state index is 0.168. The van der Waals surface area contributed by atoms with E-state index in [2.05, 4.69) is 19.9 Å². The van der Waals surface area contributed by atoms with Gasteiger partial charge in [0.2, 0.25) is 5.91 Å². The number of carbonyl (C=O) groups is 1. The monoisotopic (exact) mass is 206 g/mol. The first-order chi connectivity index (χ1) is 7.04. The van der Waals surface area contributed by atoms with Gasteiger partial charge in [-0.25, -0.2) is 0 Å². The zero-order chi connectivity index (χ0) is 11.1. The molecule has 0 spiro atoms. The van der Waals surface area contributed by atoms with Crippen molar-refractivity contribution in [3.63, 3.8) is 0 Å². The van der Waals surface area contributed by atoms with Crippen molar-refractivity contribution in [3.05, 3.63) is 0 Å². The molecule has 15 heavy (non-hydrogen) atoms. The summed E-state index contributed by atoms with van der Waals surface area (Å²) >= 11 is 0. The first kappa shape index (κ1) is 10.5. The molecule has 0 radical (unpaired) electrons. The van der Waals surface area contributed by atoms with Crippen LogP contribution in [0.15, 0.2) is 0 Å². The minimum absolute atomic E-state index is 0.168. The van der Waals surface area contributed by atoms with Crippen LogP contribution in [0.2, 0.25) is 0 Å². The molecule has 0 aromatic rings. The quantitative estimate of drug-likeness (QED) is 0.656. The van der Waals surface area contributed by atoms with Gasteiger partial charge < -0.3 is 4.90 Å². The molecule has 1 saturated carbocycles. The number of likely N-dealkylation sites (tertiary alicyclic amines) is 1. The second-order valence-corrected chi connectivity index (χ2v) is 5.47. The van der Waals surface area contributed by atoms with Crippen LogP contribution in [0, 0.1) is 28.6 Å². The molecule has 3 nitrogen and oxygen atoms in total. The summed E-state index contributed by atoms with van der Waals surface area (Å²) < 4.78 is 0. The Balaban J connectivity index is 1.87. The molecule has 1 saturated heterocycles. The van der Waals surface area contributed by atoms with E-state index in [-0.39, 0.29) is 17.3 Å². The molecule has 1 heterocycles. The lowest BCUT2D eigenvalue weighted by Gasteiger charge is -2.29. The van der Waals surface area contributed by atoms with E-state index in [9.17, 15) is 4.79 Å². The van der Waals surface area contributed by atoms with Crippen molar-refractivity contribution in [2.24, 2.45) is 17.3 Å². The Morgan fingerprint density at radius 2 is 1.93 bits per heavy atom. The smallest absolute Gasteiger partial charge is 0.226 e. The summed E-state index contributed by atoms with van der Waals surface area (Å²) in [5.41, 5.74) is 0.225. The average molecular weight is 206 g/mol. The predicted octanol–water partition coefficient (Wildman–Crippen LogP) is 1.79. The van der Waals surface area contributed by atoms with Crippen LogP contribution >= 0.6 is 0 Å². The highest BCUT2D eigenvalue weighted by molar-refractivity contribution is 5.82. The van der Waals surface area contributed by atoms with Gasteiger partial charge in [-0.15, -0.1) is 0 Å². The lowest BCUT2D eigenvalue weighted by molar-refractivity contribution is -0.134. The van der Waals surface area contributed by atoms with E-state index in [4.69, 9.17) is 5.26 Å². The summed E-state index contributed by atoms with van der Waals surface area (Å²) in [5.74, 6) is 0.730. The van der Waals surface area contributed by atoms with Crippen molar-refractivity contribution in [1.29, 1.82) is 5.26 Å². The van der Waals surface area contributed by atoms with E-state index < -0.39 is 0 Å². The number of nitrogens with zero attached hydrogens (tertiary/aromatic N) is 2. The maximum atomic E-state index is 12.0. The van der Waals surface area contributed by atoms with E-state index >= 15 is 0 Å². The van der Waals surface area contributed by atoms with Gasteiger partial charge in [-0.3, -0.25) is 4.79 Å². The average Bonchev–Trinajstić information content (AvgIpc) is 2.87. The first-order valence-electron chi connectivity index (χ1n) is 5.73. The molecule has 0 aromatic carbocycles. The van der Waals surface area contributed by atoms with E-state index in [0.717, 1.165) is 32.4 Å². The van der Waals surface area contributed by atoms with E-state index in [0.29, 0.717) is 5.91 Å². The van der Waals surface area contributed by atoms with Crippen LogP contribution in [0.3, 0.4) is 0 Å². The van der Waals surface area contributed by atoms with Crippen molar-refractivity contribution in [3.8, 4) is 6.07 Å². The van der Waals surface area contributed by atoms with Gasteiger partial charge in [0.25, 0.3) is 0 Å². The Kier molecular flexibility index (Phi) is 2.46. The van der Waals surface area contributed by atoms with Gasteiger partial charge in [-0.2, -0.15) is 5.26 Å². The standard InChI is InChI=1S/C12H18N2O/c1-12(2)7-10(12)11(15)14-5-3-9(8-13)4-6-14/h9-10H,3-7H2,1-2H3. The number of carbonyl (C=O) groups excluding carboxylic acids is 1. The molecular weight excluding hydrogens is 188 g/mol. The highest BCUT2D eigenvalue weighted by Gasteiger charge is 2.52. The fraction of sp³-hybridized carbons (Fsp3) is 0.833. The largest absolute Gasteiger partial charge is 0.342 e. The van der Waals surface area contributed by atoms with Gasteiger partial charge in [0.15, 0.2) is 0 Å². The van der Waals surface area contributed by atoms with Crippen molar-refractivity contribution < 1.29 is 4.79 Å². The number of piperidine rings is 1. The molecule has 2 aliphatic rings. The molecule has 0 aromatic heterocycles. The van der Waals surface area contributed by atoms with Crippen LogP contribution in [0.1, 0.15) is 33.1 Å². The highest BCUT2D eigenvalue weighted by Crippen LogP contribution is 2.52. The molecule has 2 rings (SSSR count). The molecule has 3 heteroatoms. The van der Waals surface area contributed by atoms with Crippen LogP contribution in [0.5, 0.6) is 0 Å². The van der Waals surface area contributed by atoms with E-state index in [1.54, 1.807) is 0 Å². The molecular formula is C12H18N2O. The number of amides is 1. The van der Waals surface area contributed by atoms with Crippen LogP contribution in [-0.4, -0.2) is 23.9 Å². The van der Waals surface area contributed by atoms with Gasteiger partial charge in [0.05, 0.1) is 6.07 Å². The maximum Gasteiger partial charge on any atom is 0.226 e. The zero-order valence-electron chi connectivity index (χ0n) is 9.49. The van der Waals surface area contributed by atoms with Gasteiger partial charge >= 0.3 is 0 Å². The lowest BCUT2D eigenvalue weighted by atomic mass is 9.98. The predicted molar refractivity (Wildman–Crippen MR) is 56.8 cm³/mol. The van der Waals surface area contributed by atoms with Gasteiger partial charge in [0, 0.05) is 24.9 Å². The van der Waals surface area contributed by atoms with Crippen LogP contribution in [0.4, 0.5) is 0 Å². The van der Waals surface area contributed by atoms with Crippen LogP contribution in [-0.2, 0) is 4.79 Å². The van der Waals surface area contributed by atoms with E-state index in [1.165, 1.54) is 0 Å².